The summed E-state index contributed by atoms with van der Waals surface area (Å²) in [5.74, 6) is 0.241. The van der Waals surface area contributed by atoms with Gasteiger partial charge < -0.3 is 0 Å². The molecule has 0 heterocycles. The number of carbonyl (C=O) groups is 1. The van der Waals surface area contributed by atoms with E-state index in [0.717, 1.165) is 21.7 Å². The van der Waals surface area contributed by atoms with Crippen molar-refractivity contribution < 1.29 is 4.79 Å². The van der Waals surface area contributed by atoms with Gasteiger partial charge in [-0.15, -0.1) is 0 Å². The van der Waals surface area contributed by atoms with Gasteiger partial charge in [-0.25, -0.2) is 0 Å². The summed E-state index contributed by atoms with van der Waals surface area (Å²) >= 11 is 0. The zero-order valence-corrected chi connectivity index (χ0v) is 13.2. The van der Waals surface area contributed by atoms with E-state index in [1.165, 1.54) is 21.7 Å². The summed E-state index contributed by atoms with van der Waals surface area (Å²) < 4.78 is 0. The van der Waals surface area contributed by atoms with Crippen LogP contribution < -0.4 is 0 Å². The summed E-state index contributed by atoms with van der Waals surface area (Å²) in [6, 6.07) is 21.1. The minimum Gasteiger partial charge on any atom is -0.293 e. The number of hydrogen-bond donors (Lipinski definition) is 0. The molecule has 0 aliphatic heterocycles. The van der Waals surface area contributed by atoms with E-state index in [1.807, 2.05) is 12.1 Å². The van der Waals surface area contributed by atoms with Crippen molar-refractivity contribution in [3.63, 3.8) is 0 Å². The predicted octanol–water partition coefficient (Wildman–Crippen LogP) is 5.62. The van der Waals surface area contributed by atoms with Crippen LogP contribution in [0, 0.1) is 0 Å². The first-order chi connectivity index (χ1) is 11.1. The Balaban J connectivity index is 2.16. The summed E-state index contributed by atoms with van der Waals surface area (Å²) in [6.45, 7) is 4.12. The van der Waals surface area contributed by atoms with Gasteiger partial charge in [-0.3, -0.25) is 4.79 Å². The van der Waals surface area contributed by atoms with Crippen LogP contribution in [0.3, 0.4) is 0 Å². The number of ketones is 1. The van der Waals surface area contributed by atoms with Crippen molar-refractivity contribution in [3.05, 3.63) is 71.8 Å². The monoisotopic (exact) mass is 296 g/mol. The summed E-state index contributed by atoms with van der Waals surface area (Å²) in [4.78, 5) is 13.3. The summed E-state index contributed by atoms with van der Waals surface area (Å²) in [5, 5.41) is 6.95. The van der Waals surface area contributed by atoms with E-state index in [-0.39, 0.29) is 5.78 Å². The summed E-state index contributed by atoms with van der Waals surface area (Å²) in [6.07, 6.45) is 0. The van der Waals surface area contributed by atoms with Crippen molar-refractivity contribution in [2.75, 3.05) is 0 Å². The first kappa shape index (κ1) is 12.8. The Morgan fingerprint density at radius 2 is 1.30 bits per heavy atom. The second kappa shape index (κ2) is 3.99. The van der Waals surface area contributed by atoms with Gasteiger partial charge in [0.1, 0.15) is 0 Å². The zero-order chi connectivity index (χ0) is 15.8. The fraction of sp³-hybridized carbons (Fsp3) is 0.136. The molecule has 5 rings (SSSR count). The molecule has 1 nitrogen and oxygen atoms in total. The highest BCUT2D eigenvalue weighted by Gasteiger charge is 2.41. The van der Waals surface area contributed by atoms with Gasteiger partial charge in [-0.2, -0.15) is 0 Å². The van der Waals surface area contributed by atoms with Gasteiger partial charge in [0.25, 0.3) is 0 Å². The fourth-order valence-electron chi connectivity index (χ4n) is 4.22. The van der Waals surface area contributed by atoms with E-state index in [2.05, 4.69) is 62.4 Å². The topological polar surface area (TPSA) is 17.1 Å². The van der Waals surface area contributed by atoms with Gasteiger partial charge in [0.15, 0.2) is 5.78 Å². The third-order valence-electron chi connectivity index (χ3n) is 5.29. The van der Waals surface area contributed by atoms with Crippen molar-refractivity contribution in [2.24, 2.45) is 0 Å². The van der Waals surface area contributed by atoms with Gasteiger partial charge in [-0.05, 0) is 63.9 Å². The van der Waals surface area contributed by atoms with Crippen molar-refractivity contribution in [2.45, 2.75) is 19.3 Å². The van der Waals surface area contributed by atoms with E-state index in [1.54, 1.807) is 0 Å². The molecule has 0 saturated carbocycles. The maximum Gasteiger partial charge on any atom is 0.174 e. The Morgan fingerprint density at radius 3 is 2.00 bits per heavy atom. The highest BCUT2D eigenvalue weighted by Crippen LogP contribution is 2.48. The van der Waals surface area contributed by atoms with Gasteiger partial charge in [0, 0.05) is 5.56 Å². The Hall–Kier alpha value is -2.67. The average Bonchev–Trinajstić information content (AvgIpc) is 2.77. The molecular formula is C22H16O. The molecule has 23 heavy (non-hydrogen) atoms. The van der Waals surface area contributed by atoms with Crippen LogP contribution in [0.15, 0.2) is 60.7 Å². The van der Waals surface area contributed by atoms with Crippen LogP contribution in [0.1, 0.15) is 29.8 Å². The number of rotatable bonds is 0. The Bertz CT molecular complexity index is 1140. The van der Waals surface area contributed by atoms with E-state index >= 15 is 0 Å². The Morgan fingerprint density at radius 1 is 0.739 bits per heavy atom. The van der Waals surface area contributed by atoms with Gasteiger partial charge in [0.2, 0.25) is 0 Å². The molecular weight excluding hydrogens is 280 g/mol. The van der Waals surface area contributed by atoms with Crippen molar-refractivity contribution in [1.82, 2.24) is 0 Å². The number of fused-ring (bicyclic) bond motifs is 4. The Labute approximate surface area is 134 Å². The molecule has 1 heteroatoms. The van der Waals surface area contributed by atoms with Crippen molar-refractivity contribution in [3.8, 4) is 0 Å². The minimum absolute atomic E-state index is 0.241. The van der Waals surface area contributed by atoms with Crippen LogP contribution in [0.2, 0.25) is 0 Å². The molecule has 4 aromatic carbocycles. The molecule has 0 aromatic heterocycles. The molecule has 4 aromatic rings. The fourth-order valence-corrected chi connectivity index (χ4v) is 4.22. The van der Waals surface area contributed by atoms with Gasteiger partial charge in [0.05, 0.1) is 5.41 Å². The summed E-state index contributed by atoms with van der Waals surface area (Å²) in [7, 11) is 0. The first-order valence-corrected chi connectivity index (χ1v) is 8.01. The lowest BCUT2D eigenvalue weighted by molar-refractivity contribution is 0.0922. The number of hydrogen-bond acceptors (Lipinski definition) is 1. The number of Topliss-reactive ketones (excluding diaryl/α,β-unsaturated/α-hetero) is 1. The average molecular weight is 296 g/mol. The molecule has 1 aliphatic carbocycles. The van der Waals surface area contributed by atoms with Crippen LogP contribution >= 0.6 is 0 Å². The molecule has 0 bridgehead atoms. The quantitative estimate of drug-likeness (QED) is 0.385. The minimum atomic E-state index is -0.481. The molecule has 0 radical (unpaired) electrons. The largest absolute Gasteiger partial charge is 0.293 e. The molecule has 0 unspecified atom stereocenters. The lowest BCUT2D eigenvalue weighted by Gasteiger charge is -2.19. The molecule has 1 aliphatic rings. The second-order valence-electron chi connectivity index (χ2n) is 7.00. The van der Waals surface area contributed by atoms with E-state index in [4.69, 9.17) is 0 Å². The molecule has 110 valence electrons. The molecule has 0 spiro atoms. The highest BCUT2D eigenvalue weighted by atomic mass is 16.1. The van der Waals surface area contributed by atoms with Crippen molar-refractivity contribution in [1.29, 1.82) is 0 Å². The van der Waals surface area contributed by atoms with Crippen LogP contribution in [0.4, 0.5) is 0 Å². The zero-order valence-electron chi connectivity index (χ0n) is 13.2. The number of carbonyl (C=O) groups excluding carboxylic acids is 1. The lowest BCUT2D eigenvalue weighted by Crippen LogP contribution is -2.24. The predicted molar refractivity (Wildman–Crippen MR) is 96.3 cm³/mol. The van der Waals surface area contributed by atoms with E-state index in [0.29, 0.717) is 0 Å². The van der Waals surface area contributed by atoms with Crippen molar-refractivity contribution >= 4 is 38.1 Å². The lowest BCUT2D eigenvalue weighted by atomic mass is 9.82. The second-order valence-corrected chi connectivity index (χ2v) is 7.00. The smallest absolute Gasteiger partial charge is 0.174 e. The van der Waals surface area contributed by atoms with Gasteiger partial charge >= 0.3 is 0 Å². The maximum absolute atomic E-state index is 13.3. The maximum atomic E-state index is 13.3. The standard InChI is InChI=1S/C22H16O/c1-22(2)20-17-10-6-4-8-14(17)12-15-11-13-7-3-5-9-16(13)19(18(15)20)21(22)23/h3-12H,1-2H3. The third kappa shape index (κ3) is 1.45. The highest BCUT2D eigenvalue weighted by molar-refractivity contribution is 6.30. The molecule has 0 atom stereocenters. The van der Waals surface area contributed by atoms with Crippen LogP contribution in [0.5, 0.6) is 0 Å². The number of benzene rings is 4. The summed E-state index contributed by atoms with van der Waals surface area (Å²) in [5.41, 5.74) is 1.62. The SMILES string of the molecule is CC1(C)C(=O)c2c3ccccc3cc3cc4ccccc4c1c23. The van der Waals surface area contributed by atoms with Crippen LogP contribution in [0.25, 0.3) is 32.3 Å². The molecule has 0 N–H and O–H groups in total. The molecule has 0 fully saturated rings. The molecule has 0 amide bonds. The van der Waals surface area contributed by atoms with Gasteiger partial charge in [-0.1, -0.05) is 48.5 Å². The van der Waals surface area contributed by atoms with Crippen LogP contribution in [-0.2, 0) is 5.41 Å². The van der Waals surface area contributed by atoms with E-state index in [9.17, 15) is 4.79 Å². The normalized spacial score (nSPS) is 15.8. The van der Waals surface area contributed by atoms with Crippen LogP contribution in [-0.4, -0.2) is 5.78 Å². The Kier molecular flexibility index (Phi) is 2.23. The third-order valence-corrected chi connectivity index (χ3v) is 5.29. The molecule has 0 saturated heterocycles. The van der Waals surface area contributed by atoms with E-state index < -0.39 is 5.41 Å². The first-order valence-electron chi connectivity index (χ1n) is 8.01.